The van der Waals surface area contributed by atoms with Crippen molar-refractivity contribution in [3.8, 4) is 33.4 Å². The standard InChI is InChI=1S/C65H43N/c1-4-22-47(23-5-1)65(60-34-18-16-29-52(60)53-30-17-19-35-61(53)65)48-38-36-44(37-39-48)63-55-32-14-15-33-56(55)64(59-43-46-21-11-10-20-45(46)42-58(59)63)57-40-41-62(54-31-13-12-28-51(54)57)66(49-24-6-2-7-25-49)50-26-8-3-9-27-50/h1-43H. The lowest BCUT2D eigenvalue weighted by Gasteiger charge is -2.34. The highest BCUT2D eigenvalue weighted by atomic mass is 15.1. The topological polar surface area (TPSA) is 3.24 Å². The van der Waals surface area contributed by atoms with Gasteiger partial charge in [-0.05, 0) is 136 Å². The van der Waals surface area contributed by atoms with Gasteiger partial charge in [0.2, 0.25) is 0 Å². The van der Waals surface area contributed by atoms with E-state index in [0.717, 1.165) is 17.1 Å². The normalized spacial score (nSPS) is 12.7. The van der Waals surface area contributed by atoms with Crippen LogP contribution in [0, 0.1) is 0 Å². The molecule has 0 aromatic heterocycles. The van der Waals surface area contributed by atoms with Gasteiger partial charge in [0.1, 0.15) is 0 Å². The van der Waals surface area contributed by atoms with Crippen LogP contribution >= 0.6 is 0 Å². The monoisotopic (exact) mass is 837 g/mol. The van der Waals surface area contributed by atoms with Crippen molar-refractivity contribution in [3.63, 3.8) is 0 Å². The average molecular weight is 838 g/mol. The predicted molar refractivity (Wildman–Crippen MR) is 279 cm³/mol. The first-order chi connectivity index (χ1) is 32.8. The Labute approximate surface area is 385 Å². The molecule has 66 heavy (non-hydrogen) atoms. The first kappa shape index (κ1) is 38.0. The number of anilines is 3. The summed E-state index contributed by atoms with van der Waals surface area (Å²) in [6.45, 7) is 0. The molecule has 0 bridgehead atoms. The molecule has 0 saturated carbocycles. The molecule has 12 aromatic carbocycles. The Morgan fingerprint density at radius 3 is 1.30 bits per heavy atom. The summed E-state index contributed by atoms with van der Waals surface area (Å²) in [5.41, 5.74) is 15.6. The summed E-state index contributed by atoms with van der Waals surface area (Å²) in [5, 5.41) is 9.83. The SMILES string of the molecule is c1ccc(N(c2ccccc2)c2ccc(-c3c4ccccc4c(-c4ccc(C5(c6ccccc6)c6ccccc6-c6ccccc65)cc4)c4cc5ccccc5cc34)c3ccccc23)cc1. The van der Waals surface area contributed by atoms with Gasteiger partial charge in [-0.2, -0.15) is 0 Å². The van der Waals surface area contributed by atoms with Crippen LogP contribution in [0.25, 0.3) is 76.5 Å². The van der Waals surface area contributed by atoms with Crippen LogP contribution in [0.3, 0.4) is 0 Å². The van der Waals surface area contributed by atoms with E-state index in [9.17, 15) is 0 Å². The Morgan fingerprint density at radius 1 is 0.273 bits per heavy atom. The Hall–Kier alpha value is -8.52. The summed E-state index contributed by atoms with van der Waals surface area (Å²) < 4.78 is 0. The fraction of sp³-hybridized carbons (Fsp3) is 0.0154. The van der Waals surface area contributed by atoms with E-state index in [1.807, 2.05) is 0 Å². The van der Waals surface area contributed by atoms with Crippen LogP contribution in [-0.2, 0) is 5.41 Å². The van der Waals surface area contributed by atoms with Crippen LogP contribution in [0.5, 0.6) is 0 Å². The van der Waals surface area contributed by atoms with Gasteiger partial charge in [-0.15, -0.1) is 0 Å². The average Bonchev–Trinajstić information content (AvgIpc) is 3.70. The van der Waals surface area contributed by atoms with E-state index in [4.69, 9.17) is 0 Å². The molecular formula is C65H43N. The van der Waals surface area contributed by atoms with Gasteiger partial charge in [0.15, 0.2) is 0 Å². The van der Waals surface area contributed by atoms with E-state index in [2.05, 4.69) is 266 Å². The van der Waals surface area contributed by atoms with Crippen LogP contribution in [0.2, 0.25) is 0 Å². The van der Waals surface area contributed by atoms with Gasteiger partial charge >= 0.3 is 0 Å². The first-order valence-electron chi connectivity index (χ1n) is 22.9. The zero-order chi connectivity index (χ0) is 43.6. The van der Waals surface area contributed by atoms with Crippen molar-refractivity contribution in [2.45, 2.75) is 5.41 Å². The molecule has 1 aliphatic rings. The Kier molecular flexibility index (Phi) is 8.82. The number of rotatable bonds is 7. The first-order valence-corrected chi connectivity index (χ1v) is 22.9. The molecule has 0 saturated heterocycles. The van der Waals surface area contributed by atoms with Gasteiger partial charge in [0.25, 0.3) is 0 Å². The summed E-state index contributed by atoms with van der Waals surface area (Å²) in [6.07, 6.45) is 0. The van der Waals surface area contributed by atoms with Gasteiger partial charge in [-0.25, -0.2) is 0 Å². The minimum atomic E-state index is -0.457. The van der Waals surface area contributed by atoms with Crippen molar-refractivity contribution < 1.29 is 0 Å². The van der Waals surface area contributed by atoms with Crippen LogP contribution in [0.15, 0.2) is 261 Å². The molecule has 1 nitrogen and oxygen atoms in total. The number of hydrogen-bond acceptors (Lipinski definition) is 1. The largest absolute Gasteiger partial charge is 0.310 e. The molecule has 13 rings (SSSR count). The highest BCUT2D eigenvalue weighted by Gasteiger charge is 2.45. The summed E-state index contributed by atoms with van der Waals surface area (Å²) in [7, 11) is 0. The van der Waals surface area contributed by atoms with Crippen molar-refractivity contribution in [1.82, 2.24) is 0 Å². The third-order valence-corrected chi connectivity index (χ3v) is 14.1. The second-order valence-electron chi connectivity index (χ2n) is 17.5. The fourth-order valence-electron chi connectivity index (χ4n) is 11.3. The molecule has 0 fully saturated rings. The van der Waals surface area contributed by atoms with Gasteiger partial charge in [0.05, 0.1) is 11.1 Å². The molecule has 1 heteroatoms. The molecule has 0 amide bonds. The third-order valence-electron chi connectivity index (χ3n) is 14.1. The molecule has 12 aromatic rings. The molecular weight excluding hydrogens is 795 g/mol. The quantitative estimate of drug-likeness (QED) is 0.145. The Balaban J connectivity index is 1.06. The van der Waals surface area contributed by atoms with Gasteiger partial charge in [-0.1, -0.05) is 218 Å². The van der Waals surface area contributed by atoms with Crippen molar-refractivity contribution in [1.29, 1.82) is 0 Å². The lowest BCUT2D eigenvalue weighted by atomic mass is 9.67. The summed E-state index contributed by atoms with van der Waals surface area (Å²) >= 11 is 0. The van der Waals surface area contributed by atoms with Crippen molar-refractivity contribution >= 4 is 60.2 Å². The highest BCUT2D eigenvalue weighted by molar-refractivity contribution is 6.26. The van der Waals surface area contributed by atoms with E-state index in [0.29, 0.717) is 0 Å². The molecule has 0 N–H and O–H groups in total. The van der Waals surface area contributed by atoms with Crippen LogP contribution in [0.1, 0.15) is 22.3 Å². The van der Waals surface area contributed by atoms with Gasteiger partial charge < -0.3 is 4.90 Å². The molecule has 308 valence electrons. The number of para-hydroxylation sites is 2. The molecule has 0 unspecified atom stereocenters. The zero-order valence-electron chi connectivity index (χ0n) is 36.3. The Bertz CT molecular complexity index is 3710. The number of benzene rings is 12. The highest BCUT2D eigenvalue weighted by Crippen LogP contribution is 2.56. The van der Waals surface area contributed by atoms with E-state index in [1.165, 1.54) is 98.7 Å². The zero-order valence-corrected chi connectivity index (χ0v) is 36.3. The number of fused-ring (bicyclic) bond motifs is 7. The molecule has 1 aliphatic carbocycles. The fourth-order valence-corrected chi connectivity index (χ4v) is 11.3. The van der Waals surface area contributed by atoms with Crippen LogP contribution < -0.4 is 4.90 Å². The number of nitrogens with zero attached hydrogens (tertiary/aromatic N) is 1. The van der Waals surface area contributed by atoms with Gasteiger partial charge in [0, 0.05) is 16.8 Å². The minimum Gasteiger partial charge on any atom is -0.310 e. The lowest BCUT2D eigenvalue weighted by molar-refractivity contribution is 0.768. The van der Waals surface area contributed by atoms with Crippen molar-refractivity contribution in [3.05, 3.63) is 283 Å². The molecule has 0 atom stereocenters. The van der Waals surface area contributed by atoms with E-state index < -0.39 is 5.41 Å². The van der Waals surface area contributed by atoms with E-state index in [1.54, 1.807) is 0 Å². The van der Waals surface area contributed by atoms with E-state index in [-0.39, 0.29) is 0 Å². The summed E-state index contributed by atoms with van der Waals surface area (Å²) in [4.78, 5) is 2.38. The minimum absolute atomic E-state index is 0.457. The number of hydrogen-bond donors (Lipinski definition) is 0. The molecule has 0 radical (unpaired) electrons. The predicted octanol–water partition coefficient (Wildman–Crippen LogP) is 17.5. The van der Waals surface area contributed by atoms with Crippen molar-refractivity contribution in [2.75, 3.05) is 4.90 Å². The molecule has 0 aliphatic heterocycles. The van der Waals surface area contributed by atoms with Crippen molar-refractivity contribution in [2.24, 2.45) is 0 Å². The second-order valence-corrected chi connectivity index (χ2v) is 17.5. The summed E-state index contributed by atoms with van der Waals surface area (Å²) in [6, 6.07) is 96.4. The maximum atomic E-state index is 2.43. The Morgan fingerprint density at radius 2 is 0.712 bits per heavy atom. The lowest BCUT2D eigenvalue weighted by Crippen LogP contribution is -2.28. The van der Waals surface area contributed by atoms with E-state index >= 15 is 0 Å². The van der Waals surface area contributed by atoms with Gasteiger partial charge in [-0.3, -0.25) is 0 Å². The third kappa shape index (κ3) is 5.73. The van der Waals surface area contributed by atoms with Crippen LogP contribution in [0.4, 0.5) is 17.1 Å². The summed E-state index contributed by atoms with van der Waals surface area (Å²) in [5.74, 6) is 0. The van der Waals surface area contributed by atoms with Crippen LogP contribution in [-0.4, -0.2) is 0 Å². The molecule has 0 heterocycles. The smallest absolute Gasteiger partial charge is 0.0713 e. The molecule has 0 spiro atoms. The maximum absolute atomic E-state index is 2.43. The maximum Gasteiger partial charge on any atom is 0.0713 e. The second kappa shape index (κ2) is 15.3.